The van der Waals surface area contributed by atoms with E-state index in [1.165, 1.54) is 21.2 Å². The highest BCUT2D eigenvalue weighted by molar-refractivity contribution is 7.17. The molecule has 0 saturated carbocycles. The minimum atomic E-state index is 0.592. The van der Waals surface area contributed by atoms with Crippen LogP contribution in [0.1, 0.15) is 11.1 Å². The molecule has 3 aromatic rings. The molecule has 0 bridgehead atoms. The number of fused-ring (bicyclic) bond motifs is 1. The van der Waals surface area contributed by atoms with Crippen LogP contribution in [0.3, 0.4) is 0 Å². The zero-order valence-electron chi connectivity index (χ0n) is 10.1. The lowest BCUT2D eigenvalue weighted by atomic mass is 10.1. The van der Waals surface area contributed by atoms with Gasteiger partial charge in [-0.25, -0.2) is 0 Å². The summed E-state index contributed by atoms with van der Waals surface area (Å²) in [6.07, 6.45) is 3.48. The Morgan fingerprint density at radius 2 is 2.22 bits per heavy atom. The van der Waals surface area contributed by atoms with Gasteiger partial charge in [-0.1, -0.05) is 17.7 Å². The molecule has 0 fully saturated rings. The quantitative estimate of drug-likeness (QED) is 0.700. The second-order valence-electron chi connectivity index (χ2n) is 4.24. The van der Waals surface area contributed by atoms with Crippen molar-refractivity contribution >= 4 is 21.4 Å². The maximum atomic E-state index is 5.74. The third-order valence-electron chi connectivity index (χ3n) is 2.84. The van der Waals surface area contributed by atoms with Crippen molar-refractivity contribution < 1.29 is 4.74 Å². The summed E-state index contributed by atoms with van der Waals surface area (Å²) in [5.41, 5.74) is 2.52. The fourth-order valence-corrected chi connectivity index (χ4v) is 2.83. The van der Waals surface area contributed by atoms with Crippen molar-refractivity contribution in [2.45, 2.75) is 13.5 Å². The molecule has 2 heterocycles. The van der Waals surface area contributed by atoms with Crippen molar-refractivity contribution in [2.75, 3.05) is 0 Å². The summed E-state index contributed by atoms with van der Waals surface area (Å²) >= 11 is 1.76. The third kappa shape index (κ3) is 2.22. The van der Waals surface area contributed by atoms with E-state index in [0.29, 0.717) is 6.61 Å². The van der Waals surface area contributed by atoms with Crippen LogP contribution < -0.4 is 4.74 Å². The molecule has 0 atom stereocenters. The average molecular weight is 255 g/mol. The molecular formula is C15H13NOS. The van der Waals surface area contributed by atoms with Gasteiger partial charge in [0.1, 0.15) is 12.4 Å². The van der Waals surface area contributed by atoms with Gasteiger partial charge in [-0.2, -0.15) is 0 Å². The second-order valence-corrected chi connectivity index (χ2v) is 5.15. The van der Waals surface area contributed by atoms with E-state index in [2.05, 4.69) is 35.5 Å². The number of ether oxygens (including phenoxy) is 1. The fraction of sp³-hybridized carbons (Fsp3) is 0.133. The third-order valence-corrected chi connectivity index (χ3v) is 3.85. The monoisotopic (exact) mass is 255 g/mol. The maximum Gasteiger partial charge on any atom is 0.138 e. The predicted octanol–water partition coefficient (Wildman–Crippen LogP) is 4.18. The number of aryl methyl sites for hydroxylation is 1. The smallest absolute Gasteiger partial charge is 0.138 e. The molecule has 0 aliphatic carbocycles. The molecule has 1 aromatic carbocycles. The summed E-state index contributed by atoms with van der Waals surface area (Å²) in [6.45, 7) is 2.71. The number of nitrogens with zero attached hydrogens (tertiary/aromatic N) is 1. The van der Waals surface area contributed by atoms with Gasteiger partial charge in [0.2, 0.25) is 0 Å². The SMILES string of the molecule is Cc1ccc2scc(COc3cccnc3)c2c1. The maximum absolute atomic E-state index is 5.74. The molecular weight excluding hydrogens is 242 g/mol. The van der Waals surface area contributed by atoms with E-state index >= 15 is 0 Å². The van der Waals surface area contributed by atoms with Crippen molar-refractivity contribution in [2.24, 2.45) is 0 Å². The van der Waals surface area contributed by atoms with Gasteiger partial charge in [0, 0.05) is 16.5 Å². The van der Waals surface area contributed by atoms with Crippen molar-refractivity contribution in [3.63, 3.8) is 0 Å². The van der Waals surface area contributed by atoms with E-state index in [1.807, 2.05) is 12.1 Å². The van der Waals surface area contributed by atoms with Crippen LogP contribution in [0.15, 0.2) is 48.1 Å². The van der Waals surface area contributed by atoms with E-state index in [9.17, 15) is 0 Å². The summed E-state index contributed by atoms with van der Waals surface area (Å²) < 4.78 is 7.05. The standard InChI is InChI=1S/C15H13NOS/c1-11-4-5-15-14(7-11)12(10-18-15)9-17-13-3-2-6-16-8-13/h2-8,10H,9H2,1H3. The molecule has 0 spiro atoms. The number of pyridine rings is 1. The van der Waals surface area contributed by atoms with Crippen molar-refractivity contribution in [1.82, 2.24) is 4.98 Å². The molecule has 0 aliphatic heterocycles. The van der Waals surface area contributed by atoms with Crippen LogP contribution in [0.4, 0.5) is 0 Å². The van der Waals surface area contributed by atoms with Crippen molar-refractivity contribution in [3.05, 3.63) is 59.2 Å². The van der Waals surface area contributed by atoms with Crippen molar-refractivity contribution in [3.8, 4) is 5.75 Å². The van der Waals surface area contributed by atoms with Crippen LogP contribution in [-0.4, -0.2) is 4.98 Å². The van der Waals surface area contributed by atoms with Crippen LogP contribution in [0.2, 0.25) is 0 Å². The van der Waals surface area contributed by atoms with Gasteiger partial charge >= 0.3 is 0 Å². The minimum Gasteiger partial charge on any atom is -0.487 e. The molecule has 0 saturated heterocycles. The Balaban J connectivity index is 1.85. The summed E-state index contributed by atoms with van der Waals surface area (Å²) in [7, 11) is 0. The highest BCUT2D eigenvalue weighted by Gasteiger charge is 2.05. The van der Waals surface area contributed by atoms with Gasteiger partial charge in [-0.15, -0.1) is 11.3 Å². The Bertz CT molecular complexity index is 661. The molecule has 0 radical (unpaired) electrons. The zero-order chi connectivity index (χ0) is 12.4. The number of hydrogen-bond donors (Lipinski definition) is 0. The first-order valence-electron chi connectivity index (χ1n) is 5.82. The van der Waals surface area contributed by atoms with Crippen LogP contribution >= 0.6 is 11.3 Å². The van der Waals surface area contributed by atoms with Gasteiger partial charge in [0.25, 0.3) is 0 Å². The fourth-order valence-electron chi connectivity index (χ4n) is 1.90. The Hall–Kier alpha value is -1.87. The molecule has 0 N–H and O–H groups in total. The van der Waals surface area contributed by atoms with Crippen molar-refractivity contribution in [1.29, 1.82) is 0 Å². The Morgan fingerprint density at radius 3 is 3.06 bits per heavy atom. The summed E-state index contributed by atoms with van der Waals surface area (Å²) in [4.78, 5) is 4.04. The molecule has 0 aliphatic rings. The summed E-state index contributed by atoms with van der Waals surface area (Å²) in [5.74, 6) is 0.810. The minimum absolute atomic E-state index is 0.592. The lowest BCUT2D eigenvalue weighted by Gasteiger charge is -2.04. The molecule has 3 heteroatoms. The van der Waals surface area contributed by atoms with Crippen LogP contribution in [0.25, 0.3) is 10.1 Å². The van der Waals surface area contributed by atoms with E-state index in [0.717, 1.165) is 5.75 Å². The molecule has 0 amide bonds. The zero-order valence-corrected chi connectivity index (χ0v) is 10.9. The molecule has 2 nitrogen and oxygen atoms in total. The average Bonchev–Trinajstić information content (AvgIpc) is 2.80. The Kier molecular flexibility index (Phi) is 2.99. The molecule has 3 rings (SSSR count). The van der Waals surface area contributed by atoms with E-state index < -0.39 is 0 Å². The van der Waals surface area contributed by atoms with Crippen LogP contribution in [0, 0.1) is 6.92 Å². The Morgan fingerprint density at radius 1 is 1.28 bits per heavy atom. The van der Waals surface area contributed by atoms with Gasteiger partial charge in [0.05, 0.1) is 6.20 Å². The number of hydrogen-bond acceptors (Lipinski definition) is 3. The topological polar surface area (TPSA) is 22.1 Å². The highest BCUT2D eigenvalue weighted by atomic mass is 32.1. The second kappa shape index (κ2) is 4.78. The number of benzene rings is 1. The van der Waals surface area contributed by atoms with Gasteiger partial charge < -0.3 is 4.74 Å². The lowest BCUT2D eigenvalue weighted by Crippen LogP contribution is -1.94. The van der Waals surface area contributed by atoms with Crippen LogP contribution in [0.5, 0.6) is 5.75 Å². The first-order valence-corrected chi connectivity index (χ1v) is 6.70. The summed E-state index contributed by atoms with van der Waals surface area (Å²) in [6, 6.07) is 10.3. The normalized spacial score (nSPS) is 10.7. The number of thiophene rings is 1. The van der Waals surface area contributed by atoms with E-state index in [4.69, 9.17) is 4.74 Å². The predicted molar refractivity (Wildman–Crippen MR) is 75.1 cm³/mol. The molecule has 18 heavy (non-hydrogen) atoms. The summed E-state index contributed by atoms with van der Waals surface area (Å²) in [5, 5.41) is 3.46. The number of aromatic nitrogens is 1. The lowest BCUT2D eigenvalue weighted by molar-refractivity contribution is 0.307. The van der Waals surface area contributed by atoms with E-state index in [1.54, 1.807) is 23.7 Å². The van der Waals surface area contributed by atoms with E-state index in [-0.39, 0.29) is 0 Å². The number of rotatable bonds is 3. The molecule has 90 valence electrons. The molecule has 0 unspecified atom stereocenters. The highest BCUT2D eigenvalue weighted by Crippen LogP contribution is 2.27. The Labute approximate surface area is 110 Å². The van der Waals surface area contributed by atoms with Crippen LogP contribution in [-0.2, 0) is 6.61 Å². The first-order chi connectivity index (χ1) is 8.83. The molecule has 2 aromatic heterocycles. The first kappa shape index (κ1) is 11.2. The van der Waals surface area contributed by atoms with Gasteiger partial charge in [-0.05, 0) is 35.9 Å². The largest absolute Gasteiger partial charge is 0.487 e. The van der Waals surface area contributed by atoms with Gasteiger partial charge in [0.15, 0.2) is 0 Å². The van der Waals surface area contributed by atoms with Gasteiger partial charge in [-0.3, -0.25) is 4.98 Å².